The summed E-state index contributed by atoms with van der Waals surface area (Å²) in [5.41, 5.74) is 6.43. The van der Waals surface area contributed by atoms with Crippen LogP contribution in [-0.4, -0.2) is 18.6 Å². The number of anilines is 2. The lowest BCUT2D eigenvalue weighted by molar-refractivity contribution is -0.139. The van der Waals surface area contributed by atoms with Crippen molar-refractivity contribution >= 4 is 17.3 Å². The Bertz CT molecular complexity index is 814. The fourth-order valence-electron chi connectivity index (χ4n) is 3.25. The van der Waals surface area contributed by atoms with Crippen molar-refractivity contribution in [1.82, 2.24) is 5.43 Å². The zero-order valence-electron chi connectivity index (χ0n) is 14.3. The molecule has 0 amide bonds. The summed E-state index contributed by atoms with van der Waals surface area (Å²) in [5, 5.41) is 1.95. The Balaban J connectivity index is 1.67. The monoisotopic (exact) mass is 344 g/mol. The zero-order valence-corrected chi connectivity index (χ0v) is 14.3. The van der Waals surface area contributed by atoms with E-state index < -0.39 is 6.04 Å². The highest BCUT2D eigenvalue weighted by atomic mass is 16.5. The molecule has 0 aromatic heterocycles. The van der Waals surface area contributed by atoms with Crippen LogP contribution in [0.4, 0.5) is 11.4 Å². The highest BCUT2D eigenvalue weighted by molar-refractivity contribution is 5.80. The van der Waals surface area contributed by atoms with Gasteiger partial charge in [-0.1, -0.05) is 66.7 Å². The fourth-order valence-corrected chi connectivity index (χ4v) is 3.25. The molecule has 1 heterocycles. The van der Waals surface area contributed by atoms with E-state index in [1.165, 1.54) is 0 Å². The summed E-state index contributed by atoms with van der Waals surface area (Å²) in [6.07, 6.45) is 0. The predicted octanol–water partition coefficient (Wildman–Crippen LogP) is 4.04. The van der Waals surface area contributed by atoms with Crippen LogP contribution in [0.2, 0.25) is 0 Å². The van der Waals surface area contributed by atoms with E-state index in [0.717, 1.165) is 16.9 Å². The maximum atomic E-state index is 12.4. The number of hydrogen-bond donors (Lipinski definition) is 1. The molecule has 1 saturated heterocycles. The van der Waals surface area contributed by atoms with Crippen LogP contribution >= 0.6 is 0 Å². The van der Waals surface area contributed by atoms with E-state index in [1.54, 1.807) is 0 Å². The third kappa shape index (κ3) is 3.32. The summed E-state index contributed by atoms with van der Waals surface area (Å²) in [5.74, 6) is -0.255. The molecule has 3 aromatic carbocycles. The van der Waals surface area contributed by atoms with Crippen molar-refractivity contribution in [3.05, 3.63) is 96.6 Å². The van der Waals surface area contributed by atoms with Crippen LogP contribution < -0.4 is 10.4 Å². The number of rotatable bonds is 5. The van der Waals surface area contributed by atoms with Crippen molar-refractivity contribution in [3.63, 3.8) is 0 Å². The van der Waals surface area contributed by atoms with Crippen LogP contribution in [0.25, 0.3) is 0 Å². The first-order valence-electron chi connectivity index (χ1n) is 8.71. The maximum absolute atomic E-state index is 12.4. The highest BCUT2D eigenvalue weighted by Gasteiger charge is 2.39. The van der Waals surface area contributed by atoms with Crippen molar-refractivity contribution in [2.45, 2.75) is 12.0 Å². The number of hydrogen-bond acceptors (Lipinski definition) is 4. The molecule has 0 radical (unpaired) electrons. The SMILES string of the molecule is O=C1OC[C@@H](c2ccccc2)[C@H]1NN(c1ccccc1)c1ccccc1. The number of carbonyl (C=O) groups is 1. The molecule has 1 aliphatic heterocycles. The first-order chi connectivity index (χ1) is 12.8. The van der Waals surface area contributed by atoms with Gasteiger partial charge in [0.25, 0.3) is 0 Å². The Morgan fingerprint density at radius 2 is 1.27 bits per heavy atom. The summed E-state index contributed by atoms with van der Waals surface area (Å²) < 4.78 is 5.38. The van der Waals surface area contributed by atoms with Gasteiger partial charge >= 0.3 is 5.97 Å². The smallest absolute Gasteiger partial charge is 0.325 e. The van der Waals surface area contributed by atoms with Crippen molar-refractivity contribution in [2.75, 3.05) is 11.6 Å². The summed E-state index contributed by atoms with van der Waals surface area (Å²) in [6.45, 7) is 0.387. The summed E-state index contributed by atoms with van der Waals surface area (Å²) in [6, 6.07) is 29.5. The molecule has 0 aliphatic carbocycles. The van der Waals surface area contributed by atoms with Gasteiger partial charge in [0.2, 0.25) is 0 Å². The van der Waals surface area contributed by atoms with Crippen molar-refractivity contribution < 1.29 is 9.53 Å². The van der Waals surface area contributed by atoms with Gasteiger partial charge in [0.05, 0.1) is 11.4 Å². The van der Waals surface area contributed by atoms with E-state index >= 15 is 0 Å². The fraction of sp³-hybridized carbons (Fsp3) is 0.136. The van der Waals surface area contributed by atoms with Crippen LogP contribution in [0.1, 0.15) is 11.5 Å². The van der Waals surface area contributed by atoms with Gasteiger partial charge in [-0.25, -0.2) is 5.43 Å². The minimum absolute atomic E-state index is 0.0291. The molecule has 1 fully saturated rings. The van der Waals surface area contributed by atoms with Crippen LogP contribution in [0.15, 0.2) is 91.0 Å². The van der Waals surface area contributed by atoms with Crippen molar-refractivity contribution in [1.29, 1.82) is 0 Å². The van der Waals surface area contributed by atoms with E-state index in [-0.39, 0.29) is 11.9 Å². The maximum Gasteiger partial charge on any atom is 0.325 e. The van der Waals surface area contributed by atoms with Gasteiger partial charge in [0.1, 0.15) is 12.6 Å². The van der Waals surface area contributed by atoms with Gasteiger partial charge < -0.3 is 4.74 Å². The van der Waals surface area contributed by atoms with Crippen LogP contribution in [0.5, 0.6) is 0 Å². The molecule has 0 saturated carbocycles. The quantitative estimate of drug-likeness (QED) is 0.560. The Morgan fingerprint density at radius 1 is 0.769 bits per heavy atom. The van der Waals surface area contributed by atoms with Gasteiger partial charge in [-0.3, -0.25) is 9.80 Å². The van der Waals surface area contributed by atoms with Gasteiger partial charge in [-0.2, -0.15) is 0 Å². The number of hydrazine groups is 1. The predicted molar refractivity (Wildman–Crippen MR) is 102 cm³/mol. The Morgan fingerprint density at radius 3 is 1.81 bits per heavy atom. The number of cyclic esters (lactones) is 1. The van der Waals surface area contributed by atoms with E-state index in [9.17, 15) is 4.79 Å². The third-order valence-electron chi connectivity index (χ3n) is 4.59. The average molecular weight is 344 g/mol. The number of para-hydroxylation sites is 2. The second-order valence-electron chi connectivity index (χ2n) is 6.26. The first-order valence-corrected chi connectivity index (χ1v) is 8.71. The molecule has 0 unspecified atom stereocenters. The Kier molecular flexibility index (Phi) is 4.67. The summed E-state index contributed by atoms with van der Waals surface area (Å²) in [7, 11) is 0. The summed E-state index contributed by atoms with van der Waals surface area (Å²) >= 11 is 0. The molecule has 1 N–H and O–H groups in total. The number of esters is 1. The summed E-state index contributed by atoms with van der Waals surface area (Å²) in [4.78, 5) is 12.4. The molecule has 4 rings (SSSR count). The molecular weight excluding hydrogens is 324 g/mol. The molecule has 26 heavy (non-hydrogen) atoms. The third-order valence-corrected chi connectivity index (χ3v) is 4.59. The molecule has 2 atom stereocenters. The first kappa shape index (κ1) is 16.4. The lowest BCUT2D eigenvalue weighted by atomic mass is 9.94. The van der Waals surface area contributed by atoms with Gasteiger partial charge in [-0.05, 0) is 29.8 Å². The average Bonchev–Trinajstić information content (AvgIpc) is 3.08. The van der Waals surface area contributed by atoms with Crippen LogP contribution in [-0.2, 0) is 9.53 Å². The Labute approximate surface area is 153 Å². The van der Waals surface area contributed by atoms with E-state index in [4.69, 9.17) is 4.74 Å². The van der Waals surface area contributed by atoms with E-state index in [0.29, 0.717) is 6.61 Å². The number of benzene rings is 3. The lowest BCUT2D eigenvalue weighted by Gasteiger charge is -2.29. The van der Waals surface area contributed by atoms with Crippen LogP contribution in [0.3, 0.4) is 0 Å². The number of nitrogens with one attached hydrogen (secondary N) is 1. The van der Waals surface area contributed by atoms with Crippen LogP contribution in [0, 0.1) is 0 Å². The minimum atomic E-state index is -0.446. The molecule has 4 nitrogen and oxygen atoms in total. The number of ether oxygens (including phenoxy) is 1. The molecule has 0 spiro atoms. The second kappa shape index (κ2) is 7.42. The molecule has 3 aromatic rings. The van der Waals surface area contributed by atoms with E-state index in [2.05, 4.69) is 5.43 Å². The minimum Gasteiger partial charge on any atom is -0.464 e. The molecule has 0 bridgehead atoms. The van der Waals surface area contributed by atoms with Crippen molar-refractivity contribution in [3.8, 4) is 0 Å². The topological polar surface area (TPSA) is 41.6 Å². The molecule has 1 aliphatic rings. The standard InChI is InChI=1S/C22H20N2O2/c25-22-21(20(16-26-22)17-10-4-1-5-11-17)23-24(18-12-6-2-7-13-18)19-14-8-3-9-15-19/h1-15,20-21,23H,16H2/t20-,21+/m0/s1. The lowest BCUT2D eigenvalue weighted by Crippen LogP contribution is -2.47. The normalized spacial score (nSPS) is 19.2. The number of carbonyl (C=O) groups excluding carboxylic acids is 1. The number of nitrogens with zero attached hydrogens (tertiary/aromatic N) is 1. The van der Waals surface area contributed by atoms with E-state index in [1.807, 2.05) is 96.0 Å². The van der Waals surface area contributed by atoms with Gasteiger partial charge in [0.15, 0.2) is 0 Å². The molecule has 4 heteroatoms. The van der Waals surface area contributed by atoms with Crippen molar-refractivity contribution in [2.24, 2.45) is 0 Å². The Hall–Kier alpha value is -3.11. The molecular formula is C22H20N2O2. The van der Waals surface area contributed by atoms with Gasteiger partial charge in [-0.15, -0.1) is 0 Å². The highest BCUT2D eigenvalue weighted by Crippen LogP contribution is 2.30. The second-order valence-corrected chi connectivity index (χ2v) is 6.26. The molecule has 130 valence electrons. The zero-order chi connectivity index (χ0) is 17.8. The largest absolute Gasteiger partial charge is 0.464 e. The van der Waals surface area contributed by atoms with Gasteiger partial charge in [0, 0.05) is 5.92 Å².